The van der Waals surface area contributed by atoms with Crippen LogP contribution in [0.1, 0.15) is 46.0 Å². The Morgan fingerprint density at radius 1 is 1.37 bits per heavy atom. The van der Waals surface area contributed by atoms with E-state index in [0.29, 0.717) is 23.7 Å². The SMILES string of the molecule is CCNC(=NCC1(C)CC1)NC1CC2CCC1O2.I. The normalized spacial score (nSPS) is 34.8. The van der Waals surface area contributed by atoms with Gasteiger partial charge in [-0.25, -0.2) is 0 Å². The van der Waals surface area contributed by atoms with Crippen LogP contribution < -0.4 is 10.6 Å². The first-order valence-electron chi connectivity index (χ1n) is 7.39. The molecule has 0 aromatic heterocycles. The fraction of sp³-hybridized carbons (Fsp3) is 0.929. The van der Waals surface area contributed by atoms with Crippen LogP contribution in [0.2, 0.25) is 0 Å². The quantitative estimate of drug-likeness (QED) is 0.448. The molecule has 2 aliphatic heterocycles. The molecule has 1 saturated carbocycles. The molecule has 0 amide bonds. The summed E-state index contributed by atoms with van der Waals surface area (Å²) in [6, 6.07) is 0.466. The first kappa shape index (κ1) is 15.4. The van der Waals surface area contributed by atoms with Crippen LogP contribution in [0.3, 0.4) is 0 Å². The third kappa shape index (κ3) is 3.74. The van der Waals surface area contributed by atoms with Crippen molar-refractivity contribution in [2.24, 2.45) is 10.4 Å². The molecule has 0 aromatic carbocycles. The Balaban J connectivity index is 0.00000133. The van der Waals surface area contributed by atoms with E-state index in [4.69, 9.17) is 9.73 Å². The van der Waals surface area contributed by atoms with Crippen molar-refractivity contribution in [2.75, 3.05) is 13.1 Å². The van der Waals surface area contributed by atoms with Crippen molar-refractivity contribution >= 4 is 29.9 Å². The Morgan fingerprint density at radius 3 is 2.68 bits per heavy atom. The van der Waals surface area contributed by atoms with E-state index in [9.17, 15) is 0 Å². The van der Waals surface area contributed by atoms with Crippen molar-refractivity contribution in [3.8, 4) is 0 Å². The molecule has 2 N–H and O–H groups in total. The van der Waals surface area contributed by atoms with Gasteiger partial charge in [0.2, 0.25) is 0 Å². The summed E-state index contributed by atoms with van der Waals surface area (Å²) in [6.45, 7) is 6.31. The molecule has 3 rings (SSSR count). The standard InChI is InChI=1S/C14H25N3O.HI/c1-3-15-13(16-9-14(2)6-7-14)17-11-8-10-4-5-12(11)18-10;/h10-12H,3-9H2,1-2H3,(H2,15,16,17);1H. The molecule has 0 radical (unpaired) electrons. The van der Waals surface area contributed by atoms with Crippen molar-refractivity contribution in [1.29, 1.82) is 0 Å². The first-order valence-corrected chi connectivity index (χ1v) is 7.39. The zero-order valence-corrected chi connectivity index (χ0v) is 14.3. The minimum Gasteiger partial charge on any atom is -0.373 e. The van der Waals surface area contributed by atoms with Crippen LogP contribution in [-0.4, -0.2) is 37.3 Å². The van der Waals surface area contributed by atoms with Gasteiger partial charge in [0.25, 0.3) is 0 Å². The predicted octanol–water partition coefficient (Wildman–Crippen LogP) is 2.28. The second-order valence-electron chi connectivity index (χ2n) is 6.37. The first-order chi connectivity index (χ1) is 8.68. The lowest BCUT2D eigenvalue weighted by atomic mass is 9.96. The predicted molar refractivity (Wildman–Crippen MR) is 88.2 cm³/mol. The Morgan fingerprint density at radius 2 is 2.16 bits per heavy atom. The Hall–Kier alpha value is -0.0400. The molecule has 3 fully saturated rings. The molecule has 2 bridgehead atoms. The molecule has 3 unspecified atom stereocenters. The highest BCUT2D eigenvalue weighted by molar-refractivity contribution is 14.0. The average Bonchev–Trinajstić information content (AvgIpc) is 2.78. The van der Waals surface area contributed by atoms with Gasteiger partial charge in [0, 0.05) is 13.1 Å². The smallest absolute Gasteiger partial charge is 0.191 e. The van der Waals surface area contributed by atoms with Gasteiger partial charge in [-0.3, -0.25) is 4.99 Å². The number of halogens is 1. The van der Waals surface area contributed by atoms with Crippen molar-refractivity contribution in [2.45, 2.75) is 64.2 Å². The number of guanidine groups is 1. The van der Waals surface area contributed by atoms with Gasteiger partial charge < -0.3 is 15.4 Å². The lowest BCUT2D eigenvalue weighted by molar-refractivity contribution is 0.0992. The van der Waals surface area contributed by atoms with Gasteiger partial charge in [-0.2, -0.15) is 0 Å². The second kappa shape index (κ2) is 6.16. The van der Waals surface area contributed by atoms with Gasteiger partial charge in [0.15, 0.2) is 5.96 Å². The third-order valence-corrected chi connectivity index (χ3v) is 4.49. The van der Waals surface area contributed by atoms with Gasteiger partial charge in [-0.15, -0.1) is 24.0 Å². The van der Waals surface area contributed by atoms with E-state index < -0.39 is 0 Å². The molecule has 4 nitrogen and oxygen atoms in total. The number of hydrogen-bond acceptors (Lipinski definition) is 2. The van der Waals surface area contributed by atoms with Crippen LogP contribution in [0.15, 0.2) is 4.99 Å². The number of nitrogens with zero attached hydrogens (tertiary/aromatic N) is 1. The maximum atomic E-state index is 5.88. The monoisotopic (exact) mass is 379 g/mol. The van der Waals surface area contributed by atoms with Crippen molar-refractivity contribution in [1.82, 2.24) is 10.6 Å². The van der Waals surface area contributed by atoms with E-state index in [2.05, 4.69) is 24.5 Å². The number of hydrogen-bond donors (Lipinski definition) is 2. The number of nitrogens with one attached hydrogen (secondary N) is 2. The summed E-state index contributed by atoms with van der Waals surface area (Å²) in [5, 5.41) is 6.92. The largest absolute Gasteiger partial charge is 0.373 e. The lowest BCUT2D eigenvalue weighted by Crippen LogP contribution is -2.47. The molecule has 3 atom stereocenters. The van der Waals surface area contributed by atoms with Gasteiger partial charge in [0.05, 0.1) is 18.2 Å². The van der Waals surface area contributed by atoms with E-state index in [1.165, 1.54) is 25.7 Å². The summed E-state index contributed by atoms with van der Waals surface area (Å²) in [5.41, 5.74) is 0.480. The maximum Gasteiger partial charge on any atom is 0.191 e. The highest BCUT2D eigenvalue weighted by atomic mass is 127. The minimum atomic E-state index is 0. The third-order valence-electron chi connectivity index (χ3n) is 4.49. The summed E-state index contributed by atoms with van der Waals surface area (Å²) in [7, 11) is 0. The van der Waals surface area contributed by atoms with Gasteiger partial charge in [0.1, 0.15) is 0 Å². The molecule has 1 aliphatic carbocycles. The van der Waals surface area contributed by atoms with Crippen LogP contribution in [0.25, 0.3) is 0 Å². The Kier molecular flexibility index (Phi) is 4.98. The average molecular weight is 379 g/mol. The van der Waals surface area contributed by atoms with Crippen LogP contribution in [0, 0.1) is 5.41 Å². The van der Waals surface area contributed by atoms with Crippen molar-refractivity contribution < 1.29 is 4.74 Å². The molecule has 2 heterocycles. The minimum absolute atomic E-state index is 0. The van der Waals surface area contributed by atoms with Crippen LogP contribution in [-0.2, 0) is 4.74 Å². The lowest BCUT2D eigenvalue weighted by Gasteiger charge is -2.23. The number of fused-ring (bicyclic) bond motifs is 2. The summed E-state index contributed by atoms with van der Waals surface area (Å²) in [4.78, 5) is 4.73. The fourth-order valence-corrected chi connectivity index (χ4v) is 2.93. The molecule has 0 aromatic rings. The van der Waals surface area contributed by atoms with Gasteiger partial charge >= 0.3 is 0 Å². The summed E-state index contributed by atoms with van der Waals surface area (Å²) < 4.78 is 5.88. The molecule has 19 heavy (non-hydrogen) atoms. The molecule has 3 aliphatic rings. The molecular formula is C14H26IN3O. The van der Waals surface area contributed by atoms with E-state index in [1.807, 2.05) is 0 Å². The van der Waals surface area contributed by atoms with E-state index in [1.54, 1.807) is 0 Å². The zero-order valence-electron chi connectivity index (χ0n) is 11.9. The van der Waals surface area contributed by atoms with Crippen molar-refractivity contribution in [3.05, 3.63) is 0 Å². The number of ether oxygens (including phenoxy) is 1. The van der Waals surface area contributed by atoms with Crippen molar-refractivity contribution in [3.63, 3.8) is 0 Å². The highest BCUT2D eigenvalue weighted by Crippen LogP contribution is 2.45. The van der Waals surface area contributed by atoms with Crippen LogP contribution in [0.4, 0.5) is 0 Å². The van der Waals surface area contributed by atoms with Crippen LogP contribution in [0.5, 0.6) is 0 Å². The van der Waals surface area contributed by atoms with Gasteiger partial charge in [-0.1, -0.05) is 6.92 Å². The summed E-state index contributed by atoms with van der Waals surface area (Å²) in [6.07, 6.45) is 7.16. The summed E-state index contributed by atoms with van der Waals surface area (Å²) in [5.74, 6) is 0.978. The molecule has 0 spiro atoms. The number of rotatable bonds is 4. The zero-order chi connectivity index (χ0) is 12.6. The molecule has 110 valence electrons. The molecule has 2 saturated heterocycles. The topological polar surface area (TPSA) is 45.7 Å². The van der Waals surface area contributed by atoms with Crippen LogP contribution >= 0.6 is 24.0 Å². The highest BCUT2D eigenvalue weighted by Gasteiger charge is 2.41. The van der Waals surface area contributed by atoms with E-state index in [-0.39, 0.29) is 24.0 Å². The molecular weight excluding hydrogens is 353 g/mol. The Bertz CT molecular complexity index is 344. The van der Waals surface area contributed by atoms with E-state index >= 15 is 0 Å². The molecule has 5 heteroatoms. The fourth-order valence-electron chi connectivity index (χ4n) is 2.93. The number of aliphatic imine (C=N–C) groups is 1. The van der Waals surface area contributed by atoms with Gasteiger partial charge in [-0.05, 0) is 44.4 Å². The van der Waals surface area contributed by atoms with E-state index in [0.717, 1.165) is 25.5 Å². The summed E-state index contributed by atoms with van der Waals surface area (Å²) >= 11 is 0. The Labute approximate surface area is 133 Å². The second-order valence-corrected chi connectivity index (χ2v) is 6.37. The maximum absolute atomic E-state index is 5.88.